The number of nitrogens with zero attached hydrogens (tertiary/aromatic N) is 2. The Morgan fingerprint density at radius 2 is 0.776 bits per heavy atom. The van der Waals surface area contributed by atoms with Gasteiger partial charge in [0.05, 0.1) is 14.2 Å². The van der Waals surface area contributed by atoms with Gasteiger partial charge in [0.25, 0.3) is 0 Å². The van der Waals surface area contributed by atoms with Gasteiger partial charge >= 0.3 is 11.9 Å². The Balaban J connectivity index is 1.30. The van der Waals surface area contributed by atoms with E-state index < -0.39 is 0 Å². The molecule has 58 heavy (non-hydrogen) atoms. The molecule has 0 bridgehead atoms. The minimum absolute atomic E-state index is 0.214. The maximum atomic E-state index is 11.9. The Morgan fingerprint density at radius 3 is 1.16 bits per heavy atom. The smallest absolute Gasteiger partial charge is 0.305 e. The van der Waals surface area contributed by atoms with Gasteiger partial charge in [-0.25, -0.2) is 0 Å². The highest BCUT2D eigenvalue weighted by Crippen LogP contribution is 2.39. The summed E-state index contributed by atoms with van der Waals surface area (Å²) in [5.41, 5.74) is 16.1. The first-order valence-electron chi connectivity index (χ1n) is 20.5. The average molecular weight is 773 g/mol. The van der Waals surface area contributed by atoms with Gasteiger partial charge in [-0.3, -0.25) is 9.59 Å². The lowest BCUT2D eigenvalue weighted by molar-refractivity contribution is -0.141. The van der Waals surface area contributed by atoms with Crippen LogP contribution in [-0.2, 0) is 44.7 Å². The van der Waals surface area contributed by atoms with Crippen molar-refractivity contribution >= 4 is 46.1 Å². The Hall–Kier alpha value is -6.14. The number of carbonyl (C=O) groups excluding carboxylic acids is 2. The third-order valence-corrected chi connectivity index (χ3v) is 10.9. The van der Waals surface area contributed by atoms with Crippen molar-refractivity contribution in [1.82, 2.24) is 0 Å². The molecule has 0 N–H and O–H groups in total. The number of benzene rings is 6. The summed E-state index contributed by atoms with van der Waals surface area (Å²) in [6, 6.07) is 48.1. The second-order valence-corrected chi connectivity index (χ2v) is 15.0. The van der Waals surface area contributed by atoms with Crippen molar-refractivity contribution in [2.24, 2.45) is 0 Å². The predicted octanol–water partition coefficient (Wildman–Crippen LogP) is 13.0. The van der Waals surface area contributed by atoms with Crippen LogP contribution in [0.1, 0.15) is 72.9 Å². The summed E-state index contributed by atoms with van der Waals surface area (Å²) >= 11 is 0. The van der Waals surface area contributed by atoms with E-state index in [-0.39, 0.29) is 11.9 Å². The Labute approximate surface area is 345 Å². The molecule has 0 atom stereocenters. The fraction of sp³-hybridized carbons (Fsp3) is 0.269. The number of esters is 2. The van der Waals surface area contributed by atoms with E-state index in [9.17, 15) is 9.59 Å². The third kappa shape index (κ3) is 10.2. The number of aryl methyl sites for hydroxylation is 6. The molecule has 0 aliphatic heterocycles. The maximum Gasteiger partial charge on any atom is 0.305 e. The summed E-state index contributed by atoms with van der Waals surface area (Å²) in [6.45, 7) is 8.76. The van der Waals surface area contributed by atoms with Crippen molar-refractivity contribution in [3.05, 3.63) is 167 Å². The second-order valence-electron chi connectivity index (χ2n) is 15.0. The lowest BCUT2D eigenvalue weighted by Gasteiger charge is -2.27. The maximum absolute atomic E-state index is 11.9. The number of anilines is 6. The topological polar surface area (TPSA) is 59.1 Å². The molecule has 6 aromatic carbocycles. The van der Waals surface area contributed by atoms with Gasteiger partial charge in [-0.2, -0.15) is 0 Å². The van der Waals surface area contributed by atoms with Crippen LogP contribution in [0.4, 0.5) is 34.1 Å². The van der Waals surface area contributed by atoms with Crippen LogP contribution < -0.4 is 9.80 Å². The molecular weight excluding hydrogens is 717 g/mol. The van der Waals surface area contributed by atoms with Crippen molar-refractivity contribution in [3.63, 3.8) is 0 Å². The van der Waals surface area contributed by atoms with Crippen molar-refractivity contribution in [1.29, 1.82) is 0 Å². The van der Waals surface area contributed by atoms with E-state index in [1.54, 1.807) is 0 Å². The first-order chi connectivity index (χ1) is 28.2. The Kier molecular flexibility index (Phi) is 14.2. The van der Waals surface area contributed by atoms with Crippen LogP contribution in [0.15, 0.2) is 133 Å². The Bertz CT molecular complexity index is 2280. The predicted molar refractivity (Wildman–Crippen MR) is 239 cm³/mol. The molecule has 0 saturated carbocycles. The van der Waals surface area contributed by atoms with Crippen LogP contribution in [-0.4, -0.2) is 26.2 Å². The summed E-state index contributed by atoms with van der Waals surface area (Å²) in [5.74, 6) is -0.432. The van der Waals surface area contributed by atoms with E-state index in [1.165, 1.54) is 30.9 Å². The molecule has 6 rings (SSSR count). The normalized spacial score (nSPS) is 10.9. The zero-order valence-corrected chi connectivity index (χ0v) is 34.9. The summed E-state index contributed by atoms with van der Waals surface area (Å²) in [7, 11) is 2.84. The summed E-state index contributed by atoms with van der Waals surface area (Å²) in [6.07, 6.45) is 6.32. The molecule has 0 radical (unpaired) electrons. The van der Waals surface area contributed by atoms with Gasteiger partial charge in [-0.15, -0.1) is 0 Å². The molecule has 6 nitrogen and oxygen atoms in total. The molecule has 298 valence electrons. The lowest BCUT2D eigenvalue weighted by atomic mass is 10.0. The Morgan fingerprint density at radius 1 is 0.431 bits per heavy atom. The van der Waals surface area contributed by atoms with Crippen LogP contribution in [0.3, 0.4) is 0 Å². The molecular formula is C52H56N2O4. The number of rotatable bonds is 17. The quantitative estimate of drug-likeness (QED) is 0.0861. The monoisotopic (exact) mass is 772 g/mol. The highest BCUT2D eigenvalue weighted by atomic mass is 16.5. The standard InChI is InChI=1S/C52H56N2O4/c1-7-9-39-11-23-45(24-12-39)53(49-31-16-41(10-8-2)37(3)35-49)47-27-18-43(19-28-47)44-20-29-48(30-21-44)54(46-25-13-40(14-26-46)15-33-51(55)57-5)50-32-17-42(38(4)36-50)22-34-52(56)58-6/h11-14,16-21,23-32,35-36H,7-10,15,22,33-34H2,1-6H3. The summed E-state index contributed by atoms with van der Waals surface area (Å²) in [4.78, 5) is 28.3. The molecule has 0 saturated heterocycles. The number of carbonyl (C=O) groups is 2. The van der Waals surface area contributed by atoms with Crippen LogP contribution in [0.25, 0.3) is 11.1 Å². The second kappa shape index (κ2) is 19.8. The largest absolute Gasteiger partial charge is 0.469 e. The van der Waals surface area contributed by atoms with E-state index in [0.717, 1.165) is 87.6 Å². The number of methoxy groups -OCH3 is 2. The number of ether oxygens (including phenoxy) is 2. The summed E-state index contributed by atoms with van der Waals surface area (Å²) < 4.78 is 9.73. The van der Waals surface area contributed by atoms with Crippen LogP contribution in [0, 0.1) is 13.8 Å². The average Bonchev–Trinajstić information content (AvgIpc) is 3.25. The van der Waals surface area contributed by atoms with Gasteiger partial charge < -0.3 is 19.3 Å². The van der Waals surface area contributed by atoms with Gasteiger partial charge in [-0.1, -0.05) is 87.4 Å². The molecule has 0 heterocycles. The molecule has 0 spiro atoms. The molecule has 6 heteroatoms. The fourth-order valence-electron chi connectivity index (χ4n) is 7.57. The van der Waals surface area contributed by atoms with E-state index >= 15 is 0 Å². The zero-order chi connectivity index (χ0) is 41.0. The SMILES string of the molecule is CCCc1ccc(N(c2ccc(-c3ccc(N(c4ccc(CCC(=O)OC)cc4)c4ccc(CCC(=O)OC)c(C)c4)cc3)cc2)c2ccc(CCC)c(C)c2)cc1. The van der Waals surface area contributed by atoms with Crippen molar-refractivity contribution in [3.8, 4) is 11.1 Å². The van der Waals surface area contributed by atoms with Crippen LogP contribution >= 0.6 is 0 Å². The zero-order valence-electron chi connectivity index (χ0n) is 34.9. The highest BCUT2D eigenvalue weighted by Gasteiger charge is 2.17. The van der Waals surface area contributed by atoms with E-state index in [2.05, 4.69) is 171 Å². The minimum atomic E-state index is -0.218. The number of hydrogen-bond donors (Lipinski definition) is 0. The third-order valence-electron chi connectivity index (χ3n) is 10.9. The summed E-state index contributed by atoms with van der Waals surface area (Å²) in [5, 5.41) is 0. The lowest BCUT2D eigenvalue weighted by Crippen LogP contribution is -2.11. The molecule has 0 aromatic heterocycles. The number of hydrogen-bond acceptors (Lipinski definition) is 6. The highest BCUT2D eigenvalue weighted by molar-refractivity contribution is 5.81. The minimum Gasteiger partial charge on any atom is -0.469 e. The molecule has 0 unspecified atom stereocenters. The van der Waals surface area contributed by atoms with E-state index in [0.29, 0.717) is 25.7 Å². The molecule has 0 aliphatic carbocycles. The molecule has 0 fully saturated rings. The molecule has 0 amide bonds. The van der Waals surface area contributed by atoms with Gasteiger partial charge in [0, 0.05) is 47.0 Å². The van der Waals surface area contributed by atoms with Gasteiger partial charge in [0.15, 0.2) is 0 Å². The van der Waals surface area contributed by atoms with Gasteiger partial charge in [0.1, 0.15) is 0 Å². The molecule has 6 aromatic rings. The van der Waals surface area contributed by atoms with E-state index in [1.807, 2.05) is 0 Å². The van der Waals surface area contributed by atoms with Crippen molar-refractivity contribution < 1.29 is 19.1 Å². The van der Waals surface area contributed by atoms with Crippen LogP contribution in [0.5, 0.6) is 0 Å². The fourth-order valence-corrected chi connectivity index (χ4v) is 7.57. The van der Waals surface area contributed by atoms with Gasteiger partial charge in [-0.05, 0) is 157 Å². The van der Waals surface area contributed by atoms with Crippen LogP contribution in [0.2, 0.25) is 0 Å². The van der Waals surface area contributed by atoms with Crippen molar-refractivity contribution in [2.45, 2.75) is 79.1 Å². The first-order valence-corrected chi connectivity index (χ1v) is 20.5. The first kappa shape index (κ1) is 41.5. The van der Waals surface area contributed by atoms with E-state index in [4.69, 9.17) is 9.47 Å². The van der Waals surface area contributed by atoms with Crippen molar-refractivity contribution in [2.75, 3.05) is 24.0 Å². The molecule has 0 aliphatic rings. The van der Waals surface area contributed by atoms with Gasteiger partial charge in [0.2, 0.25) is 0 Å².